The van der Waals surface area contributed by atoms with Crippen molar-refractivity contribution in [1.82, 2.24) is 4.90 Å². The van der Waals surface area contributed by atoms with Crippen LogP contribution in [0.25, 0.3) is 0 Å². The molecule has 0 saturated carbocycles. The molecule has 2 N–H and O–H groups in total. The Morgan fingerprint density at radius 2 is 2.06 bits per heavy atom. The Balaban J connectivity index is 1.73. The maximum Gasteiger partial charge on any atom is 0.152 e. The SMILES string of the molecule is NC1CCN(CC(=O)C2CCCOC2)CC1. The van der Waals surface area contributed by atoms with Gasteiger partial charge in [-0.05, 0) is 25.7 Å². The van der Waals surface area contributed by atoms with Gasteiger partial charge in [-0.3, -0.25) is 9.69 Å². The summed E-state index contributed by atoms with van der Waals surface area (Å²) in [6.45, 7) is 4.00. The highest BCUT2D eigenvalue weighted by Gasteiger charge is 2.25. The van der Waals surface area contributed by atoms with Crippen molar-refractivity contribution >= 4 is 5.78 Å². The van der Waals surface area contributed by atoms with Gasteiger partial charge in [0.2, 0.25) is 0 Å². The smallest absolute Gasteiger partial charge is 0.152 e. The zero-order valence-electron chi connectivity index (χ0n) is 9.86. The van der Waals surface area contributed by atoms with Gasteiger partial charge in [-0.15, -0.1) is 0 Å². The molecule has 0 aromatic rings. The topological polar surface area (TPSA) is 55.6 Å². The molecule has 4 heteroatoms. The summed E-state index contributed by atoms with van der Waals surface area (Å²) >= 11 is 0. The molecular weight excluding hydrogens is 204 g/mol. The summed E-state index contributed by atoms with van der Waals surface area (Å²) in [6.07, 6.45) is 4.08. The van der Waals surface area contributed by atoms with Crippen LogP contribution in [0.1, 0.15) is 25.7 Å². The van der Waals surface area contributed by atoms with Crippen molar-refractivity contribution in [1.29, 1.82) is 0 Å². The summed E-state index contributed by atoms with van der Waals surface area (Å²) in [6, 6.07) is 0.337. The Labute approximate surface area is 97.1 Å². The Morgan fingerprint density at radius 3 is 2.69 bits per heavy atom. The number of ketones is 1. The molecular formula is C12H22N2O2. The third kappa shape index (κ3) is 3.27. The number of hydrogen-bond donors (Lipinski definition) is 1. The summed E-state index contributed by atoms with van der Waals surface area (Å²) in [5.74, 6) is 0.500. The summed E-state index contributed by atoms with van der Waals surface area (Å²) in [7, 11) is 0. The monoisotopic (exact) mass is 226 g/mol. The lowest BCUT2D eigenvalue weighted by Gasteiger charge is -2.31. The van der Waals surface area contributed by atoms with Crippen molar-refractivity contribution in [3.63, 3.8) is 0 Å². The van der Waals surface area contributed by atoms with Crippen LogP contribution in [0.3, 0.4) is 0 Å². The predicted octanol–water partition coefficient (Wildman–Crippen LogP) is 0.405. The molecule has 16 heavy (non-hydrogen) atoms. The van der Waals surface area contributed by atoms with Gasteiger partial charge < -0.3 is 10.5 Å². The number of nitrogens with two attached hydrogens (primary N) is 1. The second-order valence-corrected chi connectivity index (χ2v) is 4.99. The molecule has 0 bridgehead atoms. The molecule has 2 fully saturated rings. The van der Waals surface area contributed by atoms with E-state index in [1.807, 2.05) is 0 Å². The number of ether oxygens (including phenoxy) is 1. The van der Waals surface area contributed by atoms with Crippen LogP contribution in [0.5, 0.6) is 0 Å². The summed E-state index contributed by atoms with van der Waals surface area (Å²) in [4.78, 5) is 14.2. The lowest BCUT2D eigenvalue weighted by Crippen LogP contribution is -2.43. The van der Waals surface area contributed by atoms with Crippen LogP contribution in [-0.4, -0.2) is 49.6 Å². The molecule has 2 saturated heterocycles. The van der Waals surface area contributed by atoms with Crippen LogP contribution in [0, 0.1) is 5.92 Å². The van der Waals surface area contributed by atoms with Gasteiger partial charge in [-0.25, -0.2) is 0 Å². The fraction of sp³-hybridized carbons (Fsp3) is 0.917. The zero-order valence-corrected chi connectivity index (χ0v) is 9.86. The van der Waals surface area contributed by atoms with Crippen LogP contribution in [-0.2, 0) is 9.53 Å². The first-order valence-corrected chi connectivity index (χ1v) is 6.34. The molecule has 2 heterocycles. The second-order valence-electron chi connectivity index (χ2n) is 4.99. The summed E-state index contributed by atoms with van der Waals surface area (Å²) < 4.78 is 5.35. The third-order valence-corrected chi connectivity index (χ3v) is 3.63. The van der Waals surface area contributed by atoms with Crippen LogP contribution in [0.4, 0.5) is 0 Å². The molecule has 0 aromatic heterocycles. The summed E-state index contributed by atoms with van der Waals surface area (Å²) in [5, 5.41) is 0. The Bertz CT molecular complexity index is 231. The third-order valence-electron chi connectivity index (χ3n) is 3.63. The van der Waals surface area contributed by atoms with Gasteiger partial charge >= 0.3 is 0 Å². The molecule has 2 rings (SSSR count). The van der Waals surface area contributed by atoms with Gasteiger partial charge in [-0.1, -0.05) is 0 Å². The molecule has 0 aliphatic carbocycles. The standard InChI is InChI=1S/C12H22N2O2/c13-11-3-5-14(6-4-11)8-12(15)10-2-1-7-16-9-10/h10-11H,1-9,13H2. The van der Waals surface area contributed by atoms with Crippen molar-refractivity contribution in [2.75, 3.05) is 32.8 Å². The molecule has 92 valence electrons. The van der Waals surface area contributed by atoms with Gasteiger partial charge in [0.05, 0.1) is 13.2 Å². The lowest BCUT2D eigenvalue weighted by molar-refractivity contribution is -0.128. The van der Waals surface area contributed by atoms with Gasteiger partial charge in [0.1, 0.15) is 0 Å². The van der Waals surface area contributed by atoms with Gasteiger partial charge in [0.15, 0.2) is 5.78 Å². The van der Waals surface area contributed by atoms with E-state index in [1.165, 1.54) is 0 Å². The first kappa shape index (κ1) is 12.0. The van der Waals surface area contributed by atoms with Crippen molar-refractivity contribution in [2.45, 2.75) is 31.7 Å². The molecule has 2 aliphatic heterocycles. The minimum Gasteiger partial charge on any atom is -0.381 e. The van der Waals surface area contributed by atoms with Gasteiger partial charge in [0, 0.05) is 31.7 Å². The van der Waals surface area contributed by atoms with E-state index in [-0.39, 0.29) is 5.92 Å². The zero-order chi connectivity index (χ0) is 11.4. The highest BCUT2D eigenvalue weighted by Crippen LogP contribution is 2.16. The predicted molar refractivity (Wildman–Crippen MR) is 62.2 cm³/mol. The average molecular weight is 226 g/mol. The van der Waals surface area contributed by atoms with Gasteiger partial charge in [-0.2, -0.15) is 0 Å². The van der Waals surface area contributed by atoms with E-state index in [9.17, 15) is 4.79 Å². The fourth-order valence-corrected chi connectivity index (χ4v) is 2.46. The molecule has 2 aliphatic rings. The van der Waals surface area contributed by atoms with Crippen molar-refractivity contribution < 1.29 is 9.53 Å². The second kappa shape index (κ2) is 5.75. The number of rotatable bonds is 3. The maximum atomic E-state index is 12.0. The van der Waals surface area contributed by atoms with E-state index in [0.717, 1.165) is 45.4 Å². The first-order valence-electron chi connectivity index (χ1n) is 6.34. The number of nitrogens with zero attached hydrogens (tertiary/aromatic N) is 1. The largest absolute Gasteiger partial charge is 0.381 e. The van der Waals surface area contributed by atoms with Crippen LogP contribution in [0.15, 0.2) is 0 Å². The molecule has 0 spiro atoms. The van der Waals surface area contributed by atoms with Crippen molar-refractivity contribution in [2.24, 2.45) is 11.7 Å². The highest BCUT2D eigenvalue weighted by molar-refractivity contribution is 5.83. The molecule has 1 unspecified atom stereocenters. The maximum absolute atomic E-state index is 12.0. The van der Waals surface area contributed by atoms with Crippen LogP contribution >= 0.6 is 0 Å². The van der Waals surface area contributed by atoms with E-state index < -0.39 is 0 Å². The van der Waals surface area contributed by atoms with Crippen LogP contribution in [0.2, 0.25) is 0 Å². The van der Waals surface area contributed by atoms with Gasteiger partial charge in [0.25, 0.3) is 0 Å². The van der Waals surface area contributed by atoms with Crippen molar-refractivity contribution in [3.8, 4) is 0 Å². The Kier molecular flexibility index (Phi) is 4.32. The number of piperidine rings is 1. The van der Waals surface area contributed by atoms with E-state index in [0.29, 0.717) is 25.0 Å². The quantitative estimate of drug-likeness (QED) is 0.757. The lowest BCUT2D eigenvalue weighted by atomic mass is 9.96. The minimum absolute atomic E-state index is 0.143. The summed E-state index contributed by atoms with van der Waals surface area (Å²) in [5.41, 5.74) is 5.84. The fourth-order valence-electron chi connectivity index (χ4n) is 2.46. The van der Waals surface area contributed by atoms with Crippen LogP contribution < -0.4 is 5.73 Å². The van der Waals surface area contributed by atoms with E-state index in [1.54, 1.807) is 0 Å². The average Bonchev–Trinajstić information content (AvgIpc) is 2.33. The molecule has 0 aromatic carbocycles. The van der Waals surface area contributed by atoms with E-state index >= 15 is 0 Å². The minimum atomic E-state index is 0.143. The highest BCUT2D eigenvalue weighted by atomic mass is 16.5. The molecule has 1 atom stereocenters. The first-order chi connectivity index (χ1) is 7.75. The van der Waals surface area contributed by atoms with E-state index in [4.69, 9.17) is 10.5 Å². The molecule has 0 radical (unpaired) electrons. The molecule has 0 amide bonds. The number of likely N-dealkylation sites (tertiary alicyclic amines) is 1. The number of carbonyl (C=O) groups excluding carboxylic acids is 1. The Hall–Kier alpha value is -0.450. The van der Waals surface area contributed by atoms with Crippen molar-refractivity contribution in [3.05, 3.63) is 0 Å². The molecule has 4 nitrogen and oxygen atoms in total. The normalized spacial score (nSPS) is 29.2. The number of hydrogen-bond acceptors (Lipinski definition) is 4. The van der Waals surface area contributed by atoms with E-state index in [2.05, 4.69) is 4.90 Å². The number of Topliss-reactive ketones (excluding diaryl/α,β-unsaturated/α-hetero) is 1. The Morgan fingerprint density at radius 1 is 1.31 bits per heavy atom. The number of carbonyl (C=O) groups is 1.